The Kier molecular flexibility index (Phi) is 3.68. The molecule has 0 amide bonds. The Morgan fingerprint density at radius 2 is 1.75 bits per heavy atom. The standard InChI is InChI=1S/C11H3F5IN3/c12-6-1-5(11(14,15)16)2-7(13)10(6)20-4-8(17)9(3-18)19-20/h1-2,4H. The summed E-state index contributed by atoms with van der Waals surface area (Å²) < 4.78 is 65.6. The molecule has 0 saturated carbocycles. The van der Waals surface area contributed by atoms with Crippen molar-refractivity contribution >= 4 is 22.6 Å². The van der Waals surface area contributed by atoms with Gasteiger partial charge in [-0.2, -0.15) is 23.5 Å². The Bertz CT molecular complexity index is 691. The van der Waals surface area contributed by atoms with Crippen molar-refractivity contribution in [3.63, 3.8) is 0 Å². The van der Waals surface area contributed by atoms with Gasteiger partial charge in [-0.3, -0.25) is 0 Å². The van der Waals surface area contributed by atoms with Crippen molar-refractivity contribution < 1.29 is 22.0 Å². The maximum absolute atomic E-state index is 13.7. The Morgan fingerprint density at radius 3 is 2.15 bits per heavy atom. The van der Waals surface area contributed by atoms with E-state index < -0.39 is 29.1 Å². The van der Waals surface area contributed by atoms with Gasteiger partial charge in [0.15, 0.2) is 17.3 Å². The monoisotopic (exact) mass is 399 g/mol. The van der Waals surface area contributed by atoms with Gasteiger partial charge in [-0.05, 0) is 34.7 Å². The molecule has 0 atom stereocenters. The fourth-order valence-electron chi connectivity index (χ4n) is 1.49. The molecule has 0 saturated heterocycles. The third-order valence-corrected chi connectivity index (χ3v) is 3.14. The summed E-state index contributed by atoms with van der Waals surface area (Å²) in [5.74, 6) is -2.83. The summed E-state index contributed by atoms with van der Waals surface area (Å²) in [6.45, 7) is 0. The third kappa shape index (κ3) is 2.60. The number of hydrogen-bond donors (Lipinski definition) is 0. The summed E-state index contributed by atoms with van der Waals surface area (Å²) in [7, 11) is 0. The number of alkyl halides is 3. The van der Waals surface area contributed by atoms with Crippen LogP contribution in [0.2, 0.25) is 0 Å². The molecule has 0 bridgehead atoms. The highest BCUT2D eigenvalue weighted by atomic mass is 127. The molecule has 0 aliphatic rings. The normalized spacial score (nSPS) is 11.4. The molecule has 2 rings (SSSR count). The van der Waals surface area contributed by atoms with E-state index in [4.69, 9.17) is 5.26 Å². The van der Waals surface area contributed by atoms with Crippen molar-refractivity contribution in [3.05, 3.63) is 44.8 Å². The average molecular weight is 399 g/mol. The van der Waals surface area contributed by atoms with Gasteiger partial charge in [-0.25, -0.2) is 13.5 Å². The molecule has 20 heavy (non-hydrogen) atoms. The molecule has 0 aliphatic carbocycles. The SMILES string of the molecule is N#Cc1nn(-c2c(F)cc(C(F)(F)F)cc2F)cc1I. The van der Waals surface area contributed by atoms with Crippen molar-refractivity contribution in [1.82, 2.24) is 9.78 Å². The molecular formula is C11H3F5IN3. The van der Waals surface area contributed by atoms with Gasteiger partial charge < -0.3 is 0 Å². The number of rotatable bonds is 1. The second-order valence-electron chi connectivity index (χ2n) is 3.67. The van der Waals surface area contributed by atoms with E-state index in [0.29, 0.717) is 8.25 Å². The van der Waals surface area contributed by atoms with Crippen LogP contribution in [-0.4, -0.2) is 9.78 Å². The fourth-order valence-corrected chi connectivity index (χ4v) is 1.98. The summed E-state index contributed by atoms with van der Waals surface area (Å²) in [4.78, 5) is 0. The van der Waals surface area contributed by atoms with E-state index in [9.17, 15) is 22.0 Å². The minimum Gasteiger partial charge on any atom is -0.233 e. The number of nitrogens with zero attached hydrogens (tertiary/aromatic N) is 3. The fraction of sp³-hybridized carbons (Fsp3) is 0.0909. The van der Waals surface area contributed by atoms with Crippen molar-refractivity contribution in [2.75, 3.05) is 0 Å². The van der Waals surface area contributed by atoms with E-state index in [1.807, 2.05) is 0 Å². The molecule has 0 N–H and O–H groups in total. The van der Waals surface area contributed by atoms with Crippen LogP contribution in [0, 0.1) is 26.5 Å². The highest BCUT2D eigenvalue weighted by Gasteiger charge is 2.33. The lowest BCUT2D eigenvalue weighted by molar-refractivity contribution is -0.138. The van der Waals surface area contributed by atoms with E-state index >= 15 is 0 Å². The molecular weight excluding hydrogens is 396 g/mol. The van der Waals surface area contributed by atoms with E-state index in [1.165, 1.54) is 0 Å². The molecule has 1 aromatic carbocycles. The van der Waals surface area contributed by atoms with Crippen LogP contribution in [0.15, 0.2) is 18.3 Å². The summed E-state index contributed by atoms with van der Waals surface area (Å²) in [5, 5.41) is 12.3. The molecule has 0 unspecified atom stereocenters. The maximum Gasteiger partial charge on any atom is 0.416 e. The highest BCUT2D eigenvalue weighted by molar-refractivity contribution is 14.1. The zero-order valence-corrected chi connectivity index (χ0v) is 11.5. The van der Waals surface area contributed by atoms with Crippen LogP contribution < -0.4 is 0 Å². The van der Waals surface area contributed by atoms with Crippen LogP contribution in [0.4, 0.5) is 22.0 Å². The van der Waals surface area contributed by atoms with Gasteiger partial charge in [0.25, 0.3) is 0 Å². The summed E-state index contributed by atoms with van der Waals surface area (Å²) in [5.41, 5.74) is -2.28. The quantitative estimate of drug-likeness (QED) is 0.543. The third-order valence-electron chi connectivity index (χ3n) is 2.35. The van der Waals surface area contributed by atoms with Crippen LogP contribution in [0.1, 0.15) is 11.3 Å². The Labute approximate surface area is 122 Å². The lowest BCUT2D eigenvalue weighted by Crippen LogP contribution is -2.10. The van der Waals surface area contributed by atoms with Gasteiger partial charge in [0, 0.05) is 6.20 Å². The maximum atomic E-state index is 13.7. The zero-order chi connectivity index (χ0) is 15.1. The molecule has 104 valence electrons. The van der Waals surface area contributed by atoms with Crippen molar-refractivity contribution in [2.24, 2.45) is 0 Å². The summed E-state index contributed by atoms with van der Waals surface area (Å²) in [6.07, 6.45) is -3.70. The van der Waals surface area contributed by atoms with E-state index in [0.717, 1.165) is 6.20 Å². The second-order valence-corrected chi connectivity index (χ2v) is 4.83. The molecule has 9 heteroatoms. The molecule has 3 nitrogen and oxygen atoms in total. The first-order valence-corrected chi connectivity index (χ1v) is 6.04. The Morgan fingerprint density at radius 1 is 1.20 bits per heavy atom. The van der Waals surface area contributed by atoms with Crippen LogP contribution in [0.5, 0.6) is 0 Å². The molecule has 2 aromatic rings. The molecule has 1 aromatic heterocycles. The van der Waals surface area contributed by atoms with E-state index in [-0.39, 0.29) is 17.8 Å². The van der Waals surface area contributed by atoms with Gasteiger partial charge in [0.2, 0.25) is 0 Å². The molecule has 1 heterocycles. The Balaban J connectivity index is 2.61. The van der Waals surface area contributed by atoms with Gasteiger partial charge in [0.05, 0.1) is 9.13 Å². The van der Waals surface area contributed by atoms with Gasteiger partial charge >= 0.3 is 6.18 Å². The van der Waals surface area contributed by atoms with Crippen molar-refractivity contribution in [1.29, 1.82) is 5.26 Å². The average Bonchev–Trinajstić information content (AvgIpc) is 2.68. The first-order valence-electron chi connectivity index (χ1n) is 4.96. The van der Waals surface area contributed by atoms with Gasteiger partial charge in [-0.1, -0.05) is 0 Å². The molecule has 0 fully saturated rings. The van der Waals surface area contributed by atoms with Gasteiger partial charge in [-0.15, -0.1) is 0 Å². The topological polar surface area (TPSA) is 41.6 Å². The predicted octanol–water partition coefficient (Wildman–Crippen LogP) is 3.65. The number of hydrogen-bond acceptors (Lipinski definition) is 2. The lowest BCUT2D eigenvalue weighted by Gasteiger charge is -2.10. The van der Waals surface area contributed by atoms with Crippen LogP contribution in [0.3, 0.4) is 0 Å². The van der Waals surface area contributed by atoms with Gasteiger partial charge in [0.1, 0.15) is 11.8 Å². The number of benzene rings is 1. The second kappa shape index (κ2) is 5.01. The van der Waals surface area contributed by atoms with Crippen molar-refractivity contribution in [3.8, 4) is 11.8 Å². The van der Waals surface area contributed by atoms with Crippen LogP contribution >= 0.6 is 22.6 Å². The van der Waals surface area contributed by atoms with E-state index in [1.54, 1.807) is 28.7 Å². The largest absolute Gasteiger partial charge is 0.416 e. The molecule has 0 aliphatic heterocycles. The molecule has 0 spiro atoms. The van der Waals surface area contributed by atoms with Crippen molar-refractivity contribution in [2.45, 2.75) is 6.18 Å². The van der Waals surface area contributed by atoms with E-state index in [2.05, 4.69) is 5.10 Å². The number of nitriles is 1. The Hall–Kier alpha value is -1.70. The minimum atomic E-state index is -4.85. The first-order chi connectivity index (χ1) is 9.24. The minimum absolute atomic E-state index is 0.0794. The summed E-state index contributed by atoms with van der Waals surface area (Å²) >= 11 is 1.72. The summed E-state index contributed by atoms with van der Waals surface area (Å²) in [6, 6.07) is 2.05. The van der Waals surface area contributed by atoms with Crippen LogP contribution in [0.25, 0.3) is 5.69 Å². The smallest absolute Gasteiger partial charge is 0.233 e. The zero-order valence-electron chi connectivity index (χ0n) is 9.34. The number of aromatic nitrogens is 2. The number of halogens is 6. The van der Waals surface area contributed by atoms with Crippen LogP contribution in [-0.2, 0) is 6.18 Å². The lowest BCUT2D eigenvalue weighted by atomic mass is 10.2. The first kappa shape index (κ1) is 14.7. The highest BCUT2D eigenvalue weighted by Crippen LogP contribution is 2.32. The predicted molar refractivity (Wildman–Crippen MR) is 65.9 cm³/mol. The molecule has 0 radical (unpaired) electrons.